The van der Waals surface area contributed by atoms with Crippen LogP contribution in [0.3, 0.4) is 0 Å². The van der Waals surface area contributed by atoms with Crippen molar-refractivity contribution in [2.24, 2.45) is 5.92 Å². The Labute approximate surface area is 198 Å². The van der Waals surface area contributed by atoms with E-state index in [1.807, 2.05) is 45.0 Å². The molecule has 0 atom stereocenters. The zero-order valence-corrected chi connectivity index (χ0v) is 19.6. The van der Waals surface area contributed by atoms with Gasteiger partial charge in [-0.05, 0) is 73.1 Å². The minimum Gasteiger partial charge on any atom is -0.494 e. The molecule has 0 unspecified atom stereocenters. The summed E-state index contributed by atoms with van der Waals surface area (Å²) in [6.07, 6.45) is 3.39. The van der Waals surface area contributed by atoms with Crippen molar-refractivity contribution < 1.29 is 19.1 Å². The molecule has 0 spiro atoms. The zero-order chi connectivity index (χ0) is 24.2. The molecule has 4 N–H and O–H groups in total. The first-order valence-corrected chi connectivity index (χ1v) is 10.9. The molecule has 0 saturated heterocycles. The van der Waals surface area contributed by atoms with Crippen molar-refractivity contribution in [3.05, 3.63) is 65.7 Å². The summed E-state index contributed by atoms with van der Waals surface area (Å²) in [5, 5.41) is 5.17. The number of thiocarbonyl (C=S) groups is 1. The Balaban J connectivity index is 1.77. The highest BCUT2D eigenvalue weighted by Gasteiger charge is 2.09. The first-order chi connectivity index (χ1) is 15.8. The van der Waals surface area contributed by atoms with Gasteiger partial charge in [0.1, 0.15) is 5.75 Å². The molecule has 3 amide bonds. The highest BCUT2D eigenvalue weighted by atomic mass is 32.1. The molecule has 0 heterocycles. The van der Waals surface area contributed by atoms with Gasteiger partial charge in [0.2, 0.25) is 11.8 Å². The molecule has 9 heteroatoms. The number of nitrogens with one attached hydrogen (secondary N) is 4. The molecular weight excluding hydrogens is 440 g/mol. The van der Waals surface area contributed by atoms with E-state index in [9.17, 15) is 14.4 Å². The molecule has 0 aliphatic rings. The molecule has 0 aliphatic carbocycles. The van der Waals surface area contributed by atoms with Crippen molar-refractivity contribution >= 4 is 46.8 Å². The Morgan fingerprint density at radius 3 is 2.27 bits per heavy atom. The number of benzene rings is 2. The predicted molar refractivity (Wildman–Crippen MR) is 133 cm³/mol. The Bertz CT molecular complexity index is 1000. The molecule has 2 aromatic rings. The summed E-state index contributed by atoms with van der Waals surface area (Å²) < 4.78 is 5.37. The van der Waals surface area contributed by atoms with Gasteiger partial charge in [-0.3, -0.25) is 30.6 Å². The molecule has 0 aromatic heterocycles. The second-order valence-electron chi connectivity index (χ2n) is 7.46. The van der Waals surface area contributed by atoms with Crippen LogP contribution in [0.15, 0.2) is 54.6 Å². The second kappa shape index (κ2) is 13.0. The quantitative estimate of drug-likeness (QED) is 0.269. The molecule has 0 fully saturated rings. The van der Waals surface area contributed by atoms with Gasteiger partial charge in [0.15, 0.2) is 5.11 Å². The number of amides is 3. The molecule has 0 bridgehead atoms. The third kappa shape index (κ3) is 9.53. The first-order valence-electron chi connectivity index (χ1n) is 10.5. The topological polar surface area (TPSA) is 109 Å². The van der Waals surface area contributed by atoms with Crippen LogP contribution in [0.1, 0.15) is 43.1 Å². The predicted octanol–water partition coefficient (Wildman–Crippen LogP) is 3.42. The van der Waals surface area contributed by atoms with Crippen LogP contribution in [0.25, 0.3) is 6.08 Å². The number of hydrogen-bond acceptors (Lipinski definition) is 5. The van der Waals surface area contributed by atoms with E-state index < -0.39 is 11.8 Å². The standard InChI is InChI=1S/C24H28N4O4S/c1-4-32-20-12-5-17(6-13-20)7-14-21(29)26-24(33)28-27-23(31)18-8-10-19(11-9-18)25-22(30)15-16(2)3/h5-14,16H,4,15H2,1-3H3,(H,25,30)(H,27,31)(H2,26,28,29,33)/b14-7+. The number of carbonyl (C=O) groups is 3. The Hall–Kier alpha value is -3.72. The van der Waals surface area contributed by atoms with Gasteiger partial charge in [-0.25, -0.2) is 0 Å². The van der Waals surface area contributed by atoms with E-state index in [0.717, 1.165) is 11.3 Å². The number of carbonyl (C=O) groups excluding carboxylic acids is 3. The molecule has 0 radical (unpaired) electrons. The van der Waals surface area contributed by atoms with Crippen LogP contribution < -0.4 is 26.2 Å². The third-order valence-electron chi connectivity index (χ3n) is 4.17. The molecule has 0 aliphatic heterocycles. The van der Waals surface area contributed by atoms with Crippen LogP contribution in [0.5, 0.6) is 5.75 Å². The minimum atomic E-state index is -0.448. The van der Waals surface area contributed by atoms with Gasteiger partial charge >= 0.3 is 0 Å². The first kappa shape index (κ1) is 25.5. The maximum Gasteiger partial charge on any atom is 0.269 e. The van der Waals surface area contributed by atoms with Crippen LogP contribution in [0.2, 0.25) is 0 Å². The van der Waals surface area contributed by atoms with Crippen molar-refractivity contribution in [3.63, 3.8) is 0 Å². The molecule has 0 saturated carbocycles. The van der Waals surface area contributed by atoms with Crippen molar-refractivity contribution in [3.8, 4) is 5.75 Å². The lowest BCUT2D eigenvalue weighted by atomic mass is 10.1. The monoisotopic (exact) mass is 468 g/mol. The fraction of sp³-hybridized carbons (Fsp3) is 0.250. The lowest BCUT2D eigenvalue weighted by Crippen LogP contribution is -2.48. The molecule has 174 valence electrons. The Morgan fingerprint density at radius 2 is 1.67 bits per heavy atom. The highest BCUT2D eigenvalue weighted by molar-refractivity contribution is 7.80. The number of hydrogen-bond donors (Lipinski definition) is 4. The molecular formula is C24H28N4O4S. The average Bonchev–Trinajstić information content (AvgIpc) is 2.77. The minimum absolute atomic E-state index is 0.0535. The van der Waals surface area contributed by atoms with E-state index in [1.54, 1.807) is 30.3 Å². The van der Waals surface area contributed by atoms with Gasteiger partial charge in [0, 0.05) is 23.7 Å². The highest BCUT2D eigenvalue weighted by Crippen LogP contribution is 2.13. The van der Waals surface area contributed by atoms with Gasteiger partial charge in [0.05, 0.1) is 6.61 Å². The normalized spacial score (nSPS) is 10.5. The maximum atomic E-state index is 12.2. The van der Waals surface area contributed by atoms with E-state index in [2.05, 4.69) is 21.5 Å². The average molecular weight is 469 g/mol. The summed E-state index contributed by atoms with van der Waals surface area (Å²) in [6, 6.07) is 13.7. The van der Waals surface area contributed by atoms with Gasteiger partial charge in [-0.1, -0.05) is 26.0 Å². The van der Waals surface area contributed by atoms with Gasteiger partial charge < -0.3 is 10.1 Å². The van der Waals surface area contributed by atoms with Crippen LogP contribution in [0, 0.1) is 5.92 Å². The second-order valence-corrected chi connectivity index (χ2v) is 7.86. The lowest BCUT2D eigenvalue weighted by Gasteiger charge is -2.11. The van der Waals surface area contributed by atoms with E-state index >= 15 is 0 Å². The summed E-state index contributed by atoms with van der Waals surface area (Å²) >= 11 is 5.02. The van der Waals surface area contributed by atoms with Crippen molar-refractivity contribution in [2.45, 2.75) is 27.2 Å². The fourth-order valence-electron chi connectivity index (χ4n) is 2.67. The van der Waals surface area contributed by atoms with E-state index in [-0.39, 0.29) is 16.9 Å². The van der Waals surface area contributed by atoms with E-state index in [4.69, 9.17) is 17.0 Å². The van der Waals surface area contributed by atoms with E-state index in [1.165, 1.54) is 6.08 Å². The number of hydrazine groups is 1. The molecule has 8 nitrogen and oxygen atoms in total. The molecule has 2 aromatic carbocycles. The van der Waals surface area contributed by atoms with Crippen molar-refractivity contribution in [2.75, 3.05) is 11.9 Å². The van der Waals surface area contributed by atoms with Gasteiger partial charge in [-0.15, -0.1) is 0 Å². The Kier molecular flexibility index (Phi) is 10.0. The van der Waals surface area contributed by atoms with Crippen LogP contribution in [0.4, 0.5) is 5.69 Å². The summed E-state index contributed by atoms with van der Waals surface area (Å²) in [5.74, 6) is 0.0362. The van der Waals surface area contributed by atoms with Crippen molar-refractivity contribution in [1.29, 1.82) is 0 Å². The third-order valence-corrected chi connectivity index (χ3v) is 4.37. The Morgan fingerprint density at radius 1 is 1.00 bits per heavy atom. The fourth-order valence-corrected chi connectivity index (χ4v) is 2.82. The zero-order valence-electron chi connectivity index (χ0n) is 18.8. The number of ether oxygens (including phenoxy) is 1. The maximum absolute atomic E-state index is 12.2. The van der Waals surface area contributed by atoms with Crippen LogP contribution in [-0.2, 0) is 9.59 Å². The largest absolute Gasteiger partial charge is 0.494 e. The summed E-state index contributed by atoms with van der Waals surface area (Å²) in [5.41, 5.74) is 6.68. The van der Waals surface area contributed by atoms with Crippen LogP contribution in [-0.4, -0.2) is 29.4 Å². The lowest BCUT2D eigenvalue weighted by molar-refractivity contribution is -0.117. The summed E-state index contributed by atoms with van der Waals surface area (Å²) in [7, 11) is 0. The summed E-state index contributed by atoms with van der Waals surface area (Å²) in [4.78, 5) is 36.1. The smallest absolute Gasteiger partial charge is 0.269 e. The number of rotatable bonds is 8. The SMILES string of the molecule is CCOc1ccc(/C=C/C(=O)NC(=S)NNC(=O)c2ccc(NC(=O)CC(C)C)cc2)cc1. The van der Waals surface area contributed by atoms with Gasteiger partial charge in [-0.2, -0.15) is 0 Å². The van der Waals surface area contributed by atoms with Crippen molar-refractivity contribution in [1.82, 2.24) is 16.2 Å². The molecule has 2 rings (SSSR count). The van der Waals surface area contributed by atoms with Crippen LogP contribution >= 0.6 is 12.2 Å². The van der Waals surface area contributed by atoms with E-state index in [0.29, 0.717) is 24.3 Å². The van der Waals surface area contributed by atoms with Gasteiger partial charge in [0.25, 0.3) is 5.91 Å². The number of anilines is 1. The molecule has 33 heavy (non-hydrogen) atoms. The summed E-state index contributed by atoms with van der Waals surface area (Å²) in [6.45, 7) is 6.42.